The molecule has 364 valence electrons. The Bertz CT molecular complexity index is 1610. The first-order chi connectivity index (χ1) is 29.3. The first-order valence-corrected chi connectivity index (χ1v) is 23.3. The molecular formula is C46H78O17. The average Bonchev–Trinajstić information content (AvgIpc) is 3.60. The summed E-state index contributed by atoms with van der Waals surface area (Å²) in [7, 11) is 0. The molecule has 0 aromatic heterocycles. The summed E-state index contributed by atoms with van der Waals surface area (Å²) in [5.41, 5.74) is -1.50. The highest BCUT2D eigenvalue weighted by atomic mass is 16.7. The minimum absolute atomic E-state index is 0.0907. The van der Waals surface area contributed by atoms with Gasteiger partial charge in [0.15, 0.2) is 18.9 Å². The molecule has 4 aliphatic carbocycles. The summed E-state index contributed by atoms with van der Waals surface area (Å²) in [6.07, 6.45) is -14.4. The number of aliphatic hydroxyl groups is 11. The highest BCUT2D eigenvalue weighted by molar-refractivity contribution is 5.22. The lowest BCUT2D eigenvalue weighted by Gasteiger charge is -2.71. The van der Waals surface area contributed by atoms with Gasteiger partial charge in [-0.15, -0.1) is 0 Å². The maximum atomic E-state index is 12.5. The van der Waals surface area contributed by atoms with Crippen molar-refractivity contribution in [3.05, 3.63) is 11.6 Å². The molecule has 4 saturated carbocycles. The first kappa shape index (κ1) is 50.0. The highest BCUT2D eigenvalue weighted by Crippen LogP contribution is 2.76. The normalized spacial score (nSPS) is 53.1. The average molecular weight is 903 g/mol. The highest BCUT2D eigenvalue weighted by Gasteiger charge is 2.73. The third kappa shape index (κ3) is 8.53. The molecule has 63 heavy (non-hydrogen) atoms. The summed E-state index contributed by atoms with van der Waals surface area (Å²) in [6.45, 7) is 15.8. The standard InChI is InChI=1S/C46H78O17/c1-21(2)10-9-13-46(8,22-11-15-44(6)30(22)23(47)16-28-43(5)14-12-29(50)42(3,4)38(43)24(48)17-45(28,44)7)63-41-37(57)34(54)32(52)26(62-41)19-59-39-36(56)33(53)27(20-60-39)61-40-35(55)31(51)25(49)18-58-40/h10,22-41,47-57H,9,11-20H2,1-8H3/t22?,23-,24+,25-,26-,27+,28?,29+,30?,31+,32-,33+,34+,35-,36-,37-,38?,39-,40+,41+,43-,44-,45-,46?/m1/s1. The van der Waals surface area contributed by atoms with Gasteiger partial charge in [0.1, 0.15) is 61.0 Å². The fraction of sp³-hybridized carbons (Fsp3) is 0.957. The lowest BCUT2D eigenvalue weighted by atomic mass is 9.34. The molecule has 17 heteroatoms. The summed E-state index contributed by atoms with van der Waals surface area (Å²) in [5.74, 6) is -0.536. The Labute approximate surface area is 371 Å². The van der Waals surface area contributed by atoms with Crippen LogP contribution in [-0.2, 0) is 28.4 Å². The van der Waals surface area contributed by atoms with E-state index in [1.807, 2.05) is 20.8 Å². The molecular weight excluding hydrogens is 824 g/mol. The summed E-state index contributed by atoms with van der Waals surface area (Å²) >= 11 is 0. The lowest BCUT2D eigenvalue weighted by molar-refractivity contribution is -0.351. The van der Waals surface area contributed by atoms with Gasteiger partial charge in [0, 0.05) is 0 Å². The predicted molar refractivity (Wildman–Crippen MR) is 223 cm³/mol. The Morgan fingerprint density at radius 3 is 2.03 bits per heavy atom. The molecule has 0 spiro atoms. The van der Waals surface area contributed by atoms with Gasteiger partial charge in [-0.1, -0.05) is 46.3 Å². The second-order valence-electron chi connectivity index (χ2n) is 22.2. The zero-order chi connectivity index (χ0) is 46.4. The number of hydrogen-bond donors (Lipinski definition) is 11. The molecule has 0 bridgehead atoms. The molecule has 3 saturated heterocycles. The molecule has 7 fully saturated rings. The minimum atomic E-state index is -1.72. The Morgan fingerprint density at radius 1 is 0.698 bits per heavy atom. The number of rotatable bonds is 11. The van der Waals surface area contributed by atoms with E-state index in [1.54, 1.807) is 0 Å². The Morgan fingerprint density at radius 2 is 1.35 bits per heavy atom. The monoisotopic (exact) mass is 903 g/mol. The van der Waals surface area contributed by atoms with Crippen LogP contribution in [0.1, 0.15) is 107 Å². The second-order valence-corrected chi connectivity index (χ2v) is 22.2. The van der Waals surface area contributed by atoms with Gasteiger partial charge in [0.2, 0.25) is 0 Å². The van der Waals surface area contributed by atoms with Crippen molar-refractivity contribution in [3.8, 4) is 0 Å². The van der Waals surface area contributed by atoms with Gasteiger partial charge in [-0.2, -0.15) is 0 Å². The number of aliphatic hydroxyl groups excluding tert-OH is 11. The molecule has 11 N–H and O–H groups in total. The molecule has 3 aliphatic heterocycles. The van der Waals surface area contributed by atoms with Gasteiger partial charge >= 0.3 is 0 Å². The van der Waals surface area contributed by atoms with Crippen molar-refractivity contribution in [2.45, 2.75) is 211 Å². The summed E-state index contributed by atoms with van der Waals surface area (Å²) in [5, 5.41) is 121. The van der Waals surface area contributed by atoms with Gasteiger partial charge in [-0.25, -0.2) is 0 Å². The van der Waals surface area contributed by atoms with Crippen LogP contribution >= 0.6 is 0 Å². The van der Waals surface area contributed by atoms with Gasteiger partial charge in [-0.3, -0.25) is 0 Å². The maximum absolute atomic E-state index is 12.5. The van der Waals surface area contributed by atoms with Gasteiger partial charge < -0.3 is 84.6 Å². The molecule has 5 unspecified atom stereocenters. The van der Waals surface area contributed by atoms with Gasteiger partial charge in [0.25, 0.3) is 0 Å². The quantitative estimate of drug-likeness (QED) is 0.124. The molecule has 7 aliphatic rings. The largest absolute Gasteiger partial charge is 0.393 e. The van der Waals surface area contributed by atoms with E-state index in [2.05, 4.69) is 40.7 Å². The van der Waals surface area contributed by atoms with Crippen molar-refractivity contribution in [3.63, 3.8) is 0 Å². The number of ether oxygens (including phenoxy) is 6. The van der Waals surface area contributed by atoms with Crippen LogP contribution in [0.4, 0.5) is 0 Å². The molecule has 0 aromatic carbocycles. The fourth-order valence-electron chi connectivity index (χ4n) is 14.3. The smallest absolute Gasteiger partial charge is 0.187 e. The van der Waals surface area contributed by atoms with Crippen LogP contribution in [0.2, 0.25) is 0 Å². The number of hydrogen-bond acceptors (Lipinski definition) is 17. The third-order valence-corrected chi connectivity index (χ3v) is 17.9. The van der Waals surface area contributed by atoms with Gasteiger partial charge in [0.05, 0.1) is 43.7 Å². The molecule has 0 aromatic rings. The summed E-state index contributed by atoms with van der Waals surface area (Å²) < 4.78 is 35.4. The van der Waals surface area contributed by atoms with Crippen LogP contribution in [0.3, 0.4) is 0 Å². The van der Waals surface area contributed by atoms with Crippen LogP contribution in [0.25, 0.3) is 0 Å². The van der Waals surface area contributed by atoms with Gasteiger partial charge in [-0.05, 0) is 117 Å². The maximum Gasteiger partial charge on any atom is 0.187 e. The Hall–Kier alpha value is -0.940. The Kier molecular flexibility index (Phi) is 14.4. The molecule has 17 nitrogen and oxygen atoms in total. The van der Waals surface area contributed by atoms with E-state index in [0.29, 0.717) is 38.5 Å². The van der Waals surface area contributed by atoms with Crippen molar-refractivity contribution in [2.24, 2.45) is 45.3 Å². The van der Waals surface area contributed by atoms with E-state index in [9.17, 15) is 56.2 Å². The Balaban J connectivity index is 1.07. The predicted octanol–water partition coefficient (Wildman–Crippen LogP) is 0.222. The van der Waals surface area contributed by atoms with Crippen LogP contribution < -0.4 is 0 Å². The summed E-state index contributed by atoms with van der Waals surface area (Å²) in [4.78, 5) is 0. The van der Waals surface area contributed by atoms with E-state index >= 15 is 0 Å². The van der Waals surface area contributed by atoms with Crippen LogP contribution in [0, 0.1) is 45.3 Å². The van der Waals surface area contributed by atoms with Crippen molar-refractivity contribution in [1.82, 2.24) is 0 Å². The van der Waals surface area contributed by atoms with E-state index < -0.39 is 121 Å². The van der Waals surface area contributed by atoms with E-state index in [-0.39, 0.29) is 47.7 Å². The molecule has 0 radical (unpaired) electrons. The fourth-order valence-corrected chi connectivity index (χ4v) is 14.3. The SMILES string of the molecule is CC(C)=CCCC(C)(O[C@@H]1O[C@H](CO[C@@H]2OC[C@H](O[C@@H]3OC[C@@H](O)[C@H](O)[C@H]3O)[C@H](O)[C@H]2O)[C@@H](O)[C@H](O)[C@H]1O)C1CC[C@]2(C)C1[C@H](O)CC1[C@@]3(C)CC[C@H](O)C(C)(C)C3[C@@H](O)C[C@]12C. The second kappa shape index (κ2) is 18.2. The number of allylic oxidation sites excluding steroid dienone is 2. The first-order valence-electron chi connectivity index (χ1n) is 23.3. The van der Waals surface area contributed by atoms with Crippen LogP contribution in [0.15, 0.2) is 11.6 Å². The van der Waals surface area contributed by atoms with Crippen LogP contribution in [-0.4, -0.2) is 180 Å². The third-order valence-electron chi connectivity index (χ3n) is 17.9. The molecule has 3 heterocycles. The summed E-state index contributed by atoms with van der Waals surface area (Å²) in [6, 6.07) is 0. The molecule has 24 atom stereocenters. The van der Waals surface area contributed by atoms with E-state index in [1.165, 1.54) is 0 Å². The van der Waals surface area contributed by atoms with Crippen molar-refractivity contribution in [2.75, 3.05) is 19.8 Å². The number of fused-ring (bicyclic) bond motifs is 5. The van der Waals surface area contributed by atoms with Crippen molar-refractivity contribution >= 4 is 0 Å². The minimum Gasteiger partial charge on any atom is -0.393 e. The van der Waals surface area contributed by atoms with Crippen molar-refractivity contribution < 1.29 is 84.6 Å². The van der Waals surface area contributed by atoms with Crippen LogP contribution in [0.5, 0.6) is 0 Å². The van der Waals surface area contributed by atoms with E-state index in [0.717, 1.165) is 18.4 Å². The zero-order valence-corrected chi connectivity index (χ0v) is 38.3. The van der Waals surface area contributed by atoms with Crippen molar-refractivity contribution in [1.29, 1.82) is 0 Å². The lowest BCUT2D eigenvalue weighted by Crippen LogP contribution is -2.70. The van der Waals surface area contributed by atoms with E-state index in [4.69, 9.17) is 28.4 Å². The topological polar surface area (TPSA) is 278 Å². The zero-order valence-electron chi connectivity index (χ0n) is 38.3. The molecule has 0 amide bonds. The molecule has 7 rings (SSSR count).